The fourth-order valence-electron chi connectivity index (χ4n) is 2.64. The second-order valence-electron chi connectivity index (χ2n) is 5.21. The van der Waals surface area contributed by atoms with Crippen molar-refractivity contribution in [3.63, 3.8) is 0 Å². The normalized spacial score (nSPS) is 19.4. The Kier molecular flexibility index (Phi) is 4.90. The van der Waals surface area contributed by atoms with E-state index in [4.69, 9.17) is 16.7 Å². The van der Waals surface area contributed by atoms with E-state index in [1.807, 2.05) is 0 Å². The minimum absolute atomic E-state index is 0.575. The molecule has 1 aliphatic rings. The summed E-state index contributed by atoms with van der Waals surface area (Å²) in [7, 11) is 0. The van der Waals surface area contributed by atoms with Crippen molar-refractivity contribution in [2.75, 3.05) is 5.88 Å². The van der Waals surface area contributed by atoms with Crippen LogP contribution in [0.3, 0.4) is 0 Å². The first-order chi connectivity index (χ1) is 8.33. The van der Waals surface area contributed by atoms with Crippen LogP contribution < -0.4 is 0 Å². The van der Waals surface area contributed by atoms with Crippen LogP contribution in [0.25, 0.3) is 0 Å². The molecule has 0 N–H and O–H groups in total. The predicted molar refractivity (Wildman–Crippen MR) is 72.6 cm³/mol. The van der Waals surface area contributed by atoms with E-state index >= 15 is 0 Å². The van der Waals surface area contributed by atoms with Gasteiger partial charge in [0.05, 0.1) is 11.7 Å². The maximum absolute atomic E-state index is 5.94. The zero-order valence-corrected chi connectivity index (χ0v) is 11.5. The van der Waals surface area contributed by atoms with Crippen LogP contribution in [0.5, 0.6) is 0 Å². The quantitative estimate of drug-likeness (QED) is 0.721. The summed E-state index contributed by atoms with van der Waals surface area (Å²) in [6.45, 7) is 2.20. The van der Waals surface area contributed by atoms with Crippen molar-refractivity contribution in [3.8, 4) is 0 Å². The Morgan fingerprint density at radius 1 is 1.41 bits per heavy atom. The molecule has 1 heterocycles. The monoisotopic (exact) mass is 254 g/mol. The van der Waals surface area contributed by atoms with Gasteiger partial charge in [0, 0.05) is 12.1 Å². The van der Waals surface area contributed by atoms with Crippen molar-refractivity contribution in [1.29, 1.82) is 0 Å². The molecule has 0 amide bonds. The van der Waals surface area contributed by atoms with Gasteiger partial charge >= 0.3 is 0 Å². The Bertz CT molecular complexity index is 325. The van der Waals surface area contributed by atoms with Gasteiger partial charge in [-0.2, -0.15) is 5.10 Å². The number of aromatic nitrogens is 2. The van der Waals surface area contributed by atoms with Crippen LogP contribution in [0, 0.1) is 5.92 Å². The molecule has 17 heavy (non-hydrogen) atoms. The summed E-state index contributed by atoms with van der Waals surface area (Å²) in [6, 6.07) is 2.82. The van der Waals surface area contributed by atoms with Crippen LogP contribution in [0.1, 0.15) is 57.2 Å². The minimum Gasteiger partial charge on any atom is -0.269 e. The highest BCUT2D eigenvalue weighted by Gasteiger charge is 2.16. The summed E-state index contributed by atoms with van der Waals surface area (Å²) < 4.78 is 2.19. The van der Waals surface area contributed by atoms with Crippen molar-refractivity contribution < 1.29 is 0 Å². The van der Waals surface area contributed by atoms with Gasteiger partial charge in [0.2, 0.25) is 0 Å². The first-order valence-electron chi connectivity index (χ1n) is 6.93. The predicted octanol–water partition coefficient (Wildman–Crippen LogP) is 4.20. The fourth-order valence-corrected chi connectivity index (χ4v) is 2.97. The van der Waals surface area contributed by atoms with E-state index in [0.717, 1.165) is 18.7 Å². The van der Waals surface area contributed by atoms with Crippen LogP contribution in [0.2, 0.25) is 0 Å². The Labute approximate surface area is 109 Å². The highest BCUT2D eigenvalue weighted by Crippen LogP contribution is 2.27. The zero-order valence-electron chi connectivity index (χ0n) is 10.7. The molecule has 1 saturated carbocycles. The van der Waals surface area contributed by atoms with Crippen LogP contribution in [0.15, 0.2) is 12.3 Å². The molecule has 0 aliphatic heterocycles. The van der Waals surface area contributed by atoms with Crippen molar-refractivity contribution in [1.82, 2.24) is 9.78 Å². The zero-order chi connectivity index (χ0) is 12.1. The lowest BCUT2D eigenvalue weighted by atomic mass is 9.96. The molecule has 96 valence electrons. The van der Waals surface area contributed by atoms with Crippen molar-refractivity contribution in [2.45, 2.75) is 57.9 Å². The van der Waals surface area contributed by atoms with E-state index in [1.54, 1.807) is 0 Å². The van der Waals surface area contributed by atoms with Crippen LogP contribution in [-0.2, 0) is 6.42 Å². The molecule has 0 radical (unpaired) electrons. The SMILES string of the molecule is CCC(CCl)Cc1ccn(C2CCCCC2)n1. The van der Waals surface area contributed by atoms with Crippen molar-refractivity contribution >= 4 is 11.6 Å². The number of hydrogen-bond acceptors (Lipinski definition) is 1. The van der Waals surface area contributed by atoms with Gasteiger partial charge < -0.3 is 0 Å². The third-order valence-corrected chi connectivity index (χ3v) is 4.34. The van der Waals surface area contributed by atoms with E-state index < -0.39 is 0 Å². The van der Waals surface area contributed by atoms with Crippen molar-refractivity contribution in [3.05, 3.63) is 18.0 Å². The second kappa shape index (κ2) is 6.44. The second-order valence-corrected chi connectivity index (χ2v) is 5.52. The number of hydrogen-bond donors (Lipinski definition) is 0. The molecule has 0 saturated heterocycles. The van der Waals surface area contributed by atoms with Gasteiger partial charge in [-0.05, 0) is 31.2 Å². The lowest BCUT2D eigenvalue weighted by Gasteiger charge is -2.21. The number of rotatable bonds is 5. The standard InChI is InChI=1S/C14H23ClN2/c1-2-12(11-15)10-13-8-9-17(16-13)14-6-4-3-5-7-14/h8-9,12,14H,2-7,10-11H2,1H3. The van der Waals surface area contributed by atoms with E-state index in [-0.39, 0.29) is 0 Å². The summed E-state index contributed by atoms with van der Waals surface area (Å²) in [5.74, 6) is 1.32. The molecule has 0 bridgehead atoms. The van der Waals surface area contributed by atoms with Crippen LogP contribution >= 0.6 is 11.6 Å². The van der Waals surface area contributed by atoms with E-state index in [1.165, 1.54) is 37.8 Å². The number of alkyl halides is 1. The summed E-state index contributed by atoms with van der Waals surface area (Å²) >= 11 is 5.94. The maximum atomic E-state index is 5.94. The molecular weight excluding hydrogens is 232 g/mol. The molecular formula is C14H23ClN2. The van der Waals surface area contributed by atoms with E-state index in [9.17, 15) is 0 Å². The molecule has 3 heteroatoms. The topological polar surface area (TPSA) is 17.8 Å². The van der Waals surface area contributed by atoms with Crippen molar-refractivity contribution in [2.24, 2.45) is 5.92 Å². The average molecular weight is 255 g/mol. The Morgan fingerprint density at radius 3 is 2.82 bits per heavy atom. The Hall–Kier alpha value is -0.500. The third-order valence-electron chi connectivity index (χ3n) is 3.91. The molecule has 2 nitrogen and oxygen atoms in total. The van der Waals surface area contributed by atoms with Gasteiger partial charge in [-0.1, -0.05) is 32.6 Å². The molecule has 1 atom stereocenters. The number of halogens is 1. The molecule has 1 aromatic heterocycles. The van der Waals surface area contributed by atoms with Gasteiger partial charge in [-0.25, -0.2) is 0 Å². The van der Waals surface area contributed by atoms with Gasteiger partial charge in [0.15, 0.2) is 0 Å². The molecule has 2 rings (SSSR count). The third kappa shape index (κ3) is 3.48. The van der Waals surface area contributed by atoms with Crippen LogP contribution in [-0.4, -0.2) is 15.7 Å². The van der Waals surface area contributed by atoms with Gasteiger partial charge in [0.1, 0.15) is 0 Å². The Morgan fingerprint density at radius 2 is 2.18 bits per heavy atom. The highest BCUT2D eigenvalue weighted by molar-refractivity contribution is 6.18. The van der Waals surface area contributed by atoms with E-state index in [2.05, 4.69) is 23.9 Å². The fraction of sp³-hybridized carbons (Fsp3) is 0.786. The molecule has 1 fully saturated rings. The van der Waals surface area contributed by atoms with Crippen LogP contribution in [0.4, 0.5) is 0 Å². The molecule has 0 aromatic carbocycles. The summed E-state index contributed by atoms with van der Waals surface area (Å²) in [5.41, 5.74) is 1.21. The largest absolute Gasteiger partial charge is 0.269 e. The lowest BCUT2D eigenvalue weighted by Crippen LogP contribution is -2.14. The molecule has 1 aliphatic carbocycles. The molecule has 1 unspecified atom stereocenters. The molecule has 0 spiro atoms. The number of nitrogens with zero attached hydrogens (tertiary/aromatic N) is 2. The summed E-state index contributed by atoms with van der Waals surface area (Å²) in [4.78, 5) is 0. The summed E-state index contributed by atoms with van der Waals surface area (Å²) in [6.07, 6.45) is 11.0. The average Bonchev–Trinajstić information content (AvgIpc) is 2.85. The maximum Gasteiger partial charge on any atom is 0.0627 e. The highest BCUT2D eigenvalue weighted by atomic mass is 35.5. The Balaban J connectivity index is 1.94. The van der Waals surface area contributed by atoms with Gasteiger partial charge in [-0.15, -0.1) is 11.6 Å². The smallest absolute Gasteiger partial charge is 0.0627 e. The molecule has 1 aromatic rings. The van der Waals surface area contributed by atoms with E-state index in [0.29, 0.717) is 12.0 Å². The minimum atomic E-state index is 0.575. The van der Waals surface area contributed by atoms with Gasteiger partial charge in [-0.3, -0.25) is 4.68 Å². The lowest BCUT2D eigenvalue weighted by molar-refractivity contribution is 0.327. The van der Waals surface area contributed by atoms with Gasteiger partial charge in [0.25, 0.3) is 0 Å². The first-order valence-corrected chi connectivity index (χ1v) is 7.47. The first kappa shape index (κ1) is 12.9. The summed E-state index contributed by atoms with van der Waals surface area (Å²) in [5, 5.41) is 4.73.